The molecule has 0 unspecified atom stereocenters. The third-order valence-corrected chi connectivity index (χ3v) is 5.61. The molecule has 0 N–H and O–H groups in total. The fraction of sp³-hybridized carbons (Fsp3) is 0.667. The van der Waals surface area contributed by atoms with Crippen molar-refractivity contribution < 1.29 is 14.3 Å². The SMILES string of the molecule is COc1ccccc1OCCN1CCCN(C(=O)CC2CCCC2)CC1. The molecule has 0 bridgehead atoms. The molecule has 0 aromatic heterocycles. The van der Waals surface area contributed by atoms with Crippen LogP contribution in [0.1, 0.15) is 38.5 Å². The molecule has 2 fully saturated rings. The highest BCUT2D eigenvalue weighted by atomic mass is 16.5. The summed E-state index contributed by atoms with van der Waals surface area (Å²) in [5.74, 6) is 2.56. The van der Waals surface area contributed by atoms with Gasteiger partial charge in [-0.15, -0.1) is 0 Å². The van der Waals surface area contributed by atoms with Crippen LogP contribution in [0.15, 0.2) is 24.3 Å². The van der Waals surface area contributed by atoms with Crippen LogP contribution in [0.3, 0.4) is 0 Å². The molecule has 1 heterocycles. The fourth-order valence-electron chi connectivity index (χ4n) is 4.06. The molecule has 1 aromatic rings. The predicted molar refractivity (Wildman–Crippen MR) is 103 cm³/mol. The summed E-state index contributed by atoms with van der Waals surface area (Å²) >= 11 is 0. The first-order valence-corrected chi connectivity index (χ1v) is 10.0. The molecule has 5 nitrogen and oxygen atoms in total. The summed E-state index contributed by atoms with van der Waals surface area (Å²) in [5, 5.41) is 0. The number of carbonyl (C=O) groups is 1. The number of carbonyl (C=O) groups excluding carboxylic acids is 1. The third kappa shape index (κ3) is 5.37. The van der Waals surface area contributed by atoms with E-state index < -0.39 is 0 Å². The van der Waals surface area contributed by atoms with E-state index in [2.05, 4.69) is 9.80 Å². The summed E-state index contributed by atoms with van der Waals surface area (Å²) in [5.41, 5.74) is 0. The van der Waals surface area contributed by atoms with Crippen LogP contribution >= 0.6 is 0 Å². The van der Waals surface area contributed by atoms with Crippen molar-refractivity contribution in [2.75, 3.05) is 46.4 Å². The number of rotatable bonds is 7. The van der Waals surface area contributed by atoms with Crippen LogP contribution < -0.4 is 9.47 Å². The zero-order valence-electron chi connectivity index (χ0n) is 16.0. The maximum atomic E-state index is 12.6. The van der Waals surface area contributed by atoms with Crippen molar-refractivity contribution in [3.63, 3.8) is 0 Å². The first-order chi connectivity index (χ1) is 12.8. The second kappa shape index (κ2) is 9.81. The minimum absolute atomic E-state index is 0.365. The van der Waals surface area contributed by atoms with Gasteiger partial charge in [-0.05, 0) is 37.3 Å². The lowest BCUT2D eigenvalue weighted by Gasteiger charge is -2.23. The molecule has 1 aliphatic carbocycles. The molecule has 0 atom stereocenters. The van der Waals surface area contributed by atoms with Crippen molar-refractivity contribution in [3.8, 4) is 11.5 Å². The van der Waals surface area contributed by atoms with Gasteiger partial charge in [0, 0.05) is 39.1 Å². The van der Waals surface area contributed by atoms with Crippen LogP contribution in [0.4, 0.5) is 0 Å². The van der Waals surface area contributed by atoms with Crippen LogP contribution in [0.2, 0.25) is 0 Å². The maximum Gasteiger partial charge on any atom is 0.222 e. The minimum atomic E-state index is 0.365. The molecule has 0 spiro atoms. The number of benzene rings is 1. The summed E-state index contributed by atoms with van der Waals surface area (Å²) in [6.07, 6.45) is 6.90. The Balaban J connectivity index is 1.40. The number of amides is 1. The van der Waals surface area contributed by atoms with Crippen molar-refractivity contribution >= 4 is 5.91 Å². The van der Waals surface area contributed by atoms with Crippen molar-refractivity contribution in [3.05, 3.63) is 24.3 Å². The average Bonchev–Trinajstić information content (AvgIpc) is 3.05. The van der Waals surface area contributed by atoms with Crippen LogP contribution in [-0.4, -0.2) is 62.1 Å². The molecule has 1 aromatic carbocycles. The Hall–Kier alpha value is -1.75. The number of hydrogen-bond acceptors (Lipinski definition) is 4. The van der Waals surface area contributed by atoms with E-state index in [9.17, 15) is 4.79 Å². The zero-order valence-corrected chi connectivity index (χ0v) is 16.0. The lowest BCUT2D eigenvalue weighted by Crippen LogP contribution is -2.36. The van der Waals surface area contributed by atoms with Crippen LogP contribution in [-0.2, 0) is 4.79 Å². The lowest BCUT2D eigenvalue weighted by atomic mass is 10.0. The molecule has 5 heteroatoms. The van der Waals surface area contributed by atoms with Crippen molar-refractivity contribution in [1.82, 2.24) is 9.80 Å². The van der Waals surface area contributed by atoms with Gasteiger partial charge in [0.1, 0.15) is 6.61 Å². The van der Waals surface area contributed by atoms with Gasteiger partial charge in [-0.3, -0.25) is 9.69 Å². The maximum absolute atomic E-state index is 12.6. The first-order valence-electron chi connectivity index (χ1n) is 10.0. The highest BCUT2D eigenvalue weighted by molar-refractivity contribution is 5.76. The van der Waals surface area contributed by atoms with Crippen LogP contribution in [0, 0.1) is 5.92 Å². The van der Waals surface area contributed by atoms with E-state index in [4.69, 9.17) is 9.47 Å². The Morgan fingerprint density at radius 2 is 1.81 bits per heavy atom. The number of ether oxygens (including phenoxy) is 2. The quantitative estimate of drug-likeness (QED) is 0.749. The van der Waals surface area contributed by atoms with Crippen molar-refractivity contribution in [2.24, 2.45) is 5.92 Å². The topological polar surface area (TPSA) is 42.0 Å². The average molecular weight is 360 g/mol. The molecule has 1 saturated heterocycles. The van der Waals surface area contributed by atoms with E-state index in [1.807, 2.05) is 24.3 Å². The second-order valence-corrected chi connectivity index (χ2v) is 7.43. The van der Waals surface area contributed by atoms with Gasteiger partial charge in [-0.2, -0.15) is 0 Å². The highest BCUT2D eigenvalue weighted by Crippen LogP contribution is 2.28. The van der Waals surface area contributed by atoms with Gasteiger partial charge in [-0.1, -0.05) is 25.0 Å². The van der Waals surface area contributed by atoms with Gasteiger partial charge in [0.2, 0.25) is 5.91 Å². The highest BCUT2D eigenvalue weighted by Gasteiger charge is 2.23. The Kier molecular flexibility index (Phi) is 7.18. The van der Waals surface area contributed by atoms with Gasteiger partial charge >= 0.3 is 0 Å². The largest absolute Gasteiger partial charge is 0.493 e. The Morgan fingerprint density at radius 1 is 1.04 bits per heavy atom. The van der Waals surface area contributed by atoms with Gasteiger partial charge in [0.25, 0.3) is 0 Å². The molecule has 1 amide bonds. The molecule has 1 aliphatic heterocycles. The second-order valence-electron chi connectivity index (χ2n) is 7.43. The predicted octanol–water partition coefficient (Wildman–Crippen LogP) is 3.19. The summed E-state index contributed by atoms with van der Waals surface area (Å²) in [7, 11) is 1.66. The molecular weight excluding hydrogens is 328 g/mol. The summed E-state index contributed by atoms with van der Waals surface area (Å²) in [4.78, 5) is 17.0. The molecule has 144 valence electrons. The van der Waals surface area contributed by atoms with Gasteiger partial charge < -0.3 is 14.4 Å². The van der Waals surface area contributed by atoms with Gasteiger partial charge in [0.15, 0.2) is 11.5 Å². The summed E-state index contributed by atoms with van der Waals surface area (Å²) < 4.78 is 11.2. The van der Waals surface area contributed by atoms with Crippen molar-refractivity contribution in [1.29, 1.82) is 0 Å². The third-order valence-electron chi connectivity index (χ3n) is 5.61. The van der Waals surface area contributed by atoms with Crippen LogP contribution in [0.5, 0.6) is 11.5 Å². The van der Waals surface area contributed by atoms with E-state index in [1.54, 1.807) is 7.11 Å². The molecule has 2 aliphatic rings. The Bertz CT molecular complexity index is 572. The monoisotopic (exact) mass is 360 g/mol. The normalized spacial score (nSPS) is 19.3. The summed E-state index contributed by atoms with van der Waals surface area (Å²) in [6.45, 7) is 5.23. The van der Waals surface area contributed by atoms with E-state index in [1.165, 1.54) is 25.7 Å². The molecular formula is C21H32N2O3. The van der Waals surface area contributed by atoms with Gasteiger partial charge in [-0.25, -0.2) is 0 Å². The molecule has 1 saturated carbocycles. The van der Waals surface area contributed by atoms with Gasteiger partial charge in [0.05, 0.1) is 7.11 Å². The van der Waals surface area contributed by atoms with E-state index in [0.717, 1.165) is 57.1 Å². The molecule has 3 rings (SSSR count). The van der Waals surface area contributed by atoms with Crippen molar-refractivity contribution in [2.45, 2.75) is 38.5 Å². The fourth-order valence-corrected chi connectivity index (χ4v) is 4.06. The summed E-state index contributed by atoms with van der Waals surface area (Å²) in [6, 6.07) is 7.75. The molecule has 26 heavy (non-hydrogen) atoms. The van der Waals surface area contributed by atoms with E-state index >= 15 is 0 Å². The standard InChI is InChI=1S/C21H32N2O3/c1-25-19-9-4-5-10-20(19)26-16-15-22-11-6-12-23(14-13-22)21(24)17-18-7-2-3-8-18/h4-5,9-10,18H,2-3,6-8,11-17H2,1H3. The Labute approximate surface area is 157 Å². The van der Waals surface area contributed by atoms with E-state index in [0.29, 0.717) is 18.4 Å². The number of para-hydroxylation sites is 2. The first kappa shape index (κ1) is 19.0. The van der Waals surface area contributed by atoms with E-state index in [-0.39, 0.29) is 0 Å². The smallest absolute Gasteiger partial charge is 0.222 e. The molecule has 0 radical (unpaired) electrons. The number of methoxy groups -OCH3 is 1. The minimum Gasteiger partial charge on any atom is -0.493 e. The number of hydrogen-bond donors (Lipinski definition) is 0. The number of nitrogens with zero attached hydrogens (tertiary/aromatic N) is 2. The Morgan fingerprint density at radius 3 is 2.58 bits per heavy atom. The lowest BCUT2D eigenvalue weighted by molar-refractivity contribution is -0.132. The zero-order chi connectivity index (χ0) is 18.2. The van der Waals surface area contributed by atoms with Crippen LogP contribution in [0.25, 0.3) is 0 Å².